The monoisotopic (exact) mass is 436 g/mol. The van der Waals surface area contributed by atoms with E-state index in [1.807, 2.05) is 6.92 Å². The Morgan fingerprint density at radius 2 is 2.30 bits per heavy atom. The van der Waals surface area contributed by atoms with Crippen LogP contribution in [0.4, 0.5) is 0 Å². The second-order valence-electron chi connectivity index (χ2n) is 5.56. The molecular formula is C16H29IN4O2. The Bertz CT molecular complexity index is 453. The number of aliphatic hydroxyl groups is 1. The molecule has 2 rings (SSSR count). The maximum absolute atomic E-state index is 10.0. The van der Waals surface area contributed by atoms with Gasteiger partial charge in [-0.25, -0.2) is 0 Å². The normalized spacial score (nSPS) is 20.1. The number of halogens is 1. The molecule has 6 nitrogen and oxygen atoms in total. The van der Waals surface area contributed by atoms with E-state index in [0.717, 1.165) is 25.6 Å². The van der Waals surface area contributed by atoms with E-state index in [4.69, 9.17) is 4.42 Å². The molecule has 1 aliphatic rings. The van der Waals surface area contributed by atoms with Crippen LogP contribution in [0.1, 0.15) is 38.6 Å². The van der Waals surface area contributed by atoms with Crippen molar-refractivity contribution >= 4 is 29.9 Å². The molecule has 2 unspecified atom stereocenters. The highest BCUT2D eigenvalue weighted by atomic mass is 127. The zero-order chi connectivity index (χ0) is 15.8. The van der Waals surface area contributed by atoms with E-state index in [1.165, 1.54) is 19.4 Å². The van der Waals surface area contributed by atoms with E-state index < -0.39 is 6.10 Å². The lowest BCUT2D eigenvalue weighted by Gasteiger charge is -2.24. The summed E-state index contributed by atoms with van der Waals surface area (Å²) in [6.07, 6.45) is 3.36. The van der Waals surface area contributed by atoms with Crippen molar-refractivity contribution in [3.8, 4) is 0 Å². The van der Waals surface area contributed by atoms with E-state index in [1.54, 1.807) is 18.4 Å². The number of likely N-dealkylation sites (tertiary alicyclic amines) is 1. The third-order valence-corrected chi connectivity index (χ3v) is 4.05. The van der Waals surface area contributed by atoms with Gasteiger partial charge in [0, 0.05) is 19.1 Å². The highest BCUT2D eigenvalue weighted by molar-refractivity contribution is 14.0. The van der Waals surface area contributed by atoms with Crippen LogP contribution in [0, 0.1) is 0 Å². The van der Waals surface area contributed by atoms with Crippen LogP contribution in [0.2, 0.25) is 0 Å². The zero-order valence-corrected chi connectivity index (χ0v) is 16.3. The number of hydrogen-bond acceptors (Lipinski definition) is 4. The minimum Gasteiger partial charge on any atom is -0.467 e. The molecule has 0 aliphatic carbocycles. The first-order valence-electron chi connectivity index (χ1n) is 8.22. The van der Waals surface area contributed by atoms with Gasteiger partial charge in [-0.05, 0) is 45.0 Å². The molecular weight excluding hydrogens is 407 g/mol. The molecule has 1 saturated heterocycles. The van der Waals surface area contributed by atoms with Gasteiger partial charge in [-0.15, -0.1) is 24.0 Å². The van der Waals surface area contributed by atoms with Gasteiger partial charge in [-0.3, -0.25) is 9.89 Å². The highest BCUT2D eigenvalue weighted by Gasteiger charge is 2.22. The molecule has 1 fully saturated rings. The number of furan rings is 1. The Labute approximate surface area is 155 Å². The van der Waals surface area contributed by atoms with Gasteiger partial charge in [0.05, 0.1) is 12.8 Å². The lowest BCUT2D eigenvalue weighted by atomic mass is 10.2. The summed E-state index contributed by atoms with van der Waals surface area (Å²) < 4.78 is 5.19. The van der Waals surface area contributed by atoms with Crippen molar-refractivity contribution in [1.82, 2.24) is 15.5 Å². The summed E-state index contributed by atoms with van der Waals surface area (Å²) in [5.41, 5.74) is 0. The number of rotatable bonds is 7. The van der Waals surface area contributed by atoms with E-state index in [2.05, 4.69) is 27.4 Å². The fraction of sp³-hybridized carbons (Fsp3) is 0.688. The third kappa shape index (κ3) is 6.31. The molecule has 3 N–H and O–H groups in total. The molecule has 1 aliphatic heterocycles. The predicted molar refractivity (Wildman–Crippen MR) is 103 cm³/mol. The van der Waals surface area contributed by atoms with Crippen LogP contribution in [-0.4, -0.2) is 54.7 Å². The SMILES string of the molecule is CCNC(=NCC(O)c1ccco1)NCC1CCCN1CC.I. The number of aliphatic imine (C=N–C) groups is 1. The lowest BCUT2D eigenvalue weighted by molar-refractivity contribution is 0.158. The number of guanidine groups is 1. The molecule has 0 aromatic carbocycles. The van der Waals surface area contributed by atoms with Crippen LogP contribution < -0.4 is 10.6 Å². The first kappa shape index (κ1) is 20.2. The first-order valence-corrected chi connectivity index (χ1v) is 8.22. The highest BCUT2D eigenvalue weighted by Crippen LogP contribution is 2.15. The van der Waals surface area contributed by atoms with Crippen LogP contribution in [-0.2, 0) is 0 Å². The quantitative estimate of drug-likeness (QED) is 0.346. The molecule has 0 radical (unpaired) electrons. The van der Waals surface area contributed by atoms with Crippen molar-refractivity contribution in [2.24, 2.45) is 4.99 Å². The van der Waals surface area contributed by atoms with Gasteiger partial charge in [0.25, 0.3) is 0 Å². The average molecular weight is 436 g/mol. The molecule has 0 spiro atoms. The summed E-state index contributed by atoms with van der Waals surface area (Å²) in [7, 11) is 0. The lowest BCUT2D eigenvalue weighted by Crippen LogP contribution is -2.45. The Hall–Kier alpha value is -0.800. The molecule has 2 atom stereocenters. The summed E-state index contributed by atoms with van der Waals surface area (Å²) >= 11 is 0. The Morgan fingerprint density at radius 1 is 1.48 bits per heavy atom. The van der Waals surface area contributed by atoms with Crippen molar-refractivity contribution in [2.45, 2.75) is 38.8 Å². The van der Waals surface area contributed by atoms with E-state index >= 15 is 0 Å². The van der Waals surface area contributed by atoms with Crippen molar-refractivity contribution in [3.05, 3.63) is 24.2 Å². The average Bonchev–Trinajstić information content (AvgIpc) is 3.20. The second kappa shape index (κ2) is 10.9. The number of nitrogens with one attached hydrogen (secondary N) is 2. The van der Waals surface area contributed by atoms with Crippen LogP contribution in [0.15, 0.2) is 27.8 Å². The topological polar surface area (TPSA) is 73.0 Å². The molecule has 0 amide bonds. The van der Waals surface area contributed by atoms with E-state index in [9.17, 15) is 5.11 Å². The number of aliphatic hydroxyl groups excluding tert-OH is 1. The van der Waals surface area contributed by atoms with Crippen LogP contribution in [0.25, 0.3) is 0 Å². The fourth-order valence-electron chi connectivity index (χ4n) is 2.85. The summed E-state index contributed by atoms with van der Waals surface area (Å²) in [6.45, 7) is 8.49. The number of hydrogen-bond donors (Lipinski definition) is 3. The Balaban J connectivity index is 0.00000264. The predicted octanol–water partition coefficient (Wildman–Crippen LogP) is 1.97. The molecule has 0 saturated carbocycles. The third-order valence-electron chi connectivity index (χ3n) is 4.05. The summed E-state index contributed by atoms with van der Waals surface area (Å²) in [5, 5.41) is 16.6. The van der Waals surface area contributed by atoms with Gasteiger partial charge >= 0.3 is 0 Å². The van der Waals surface area contributed by atoms with Crippen LogP contribution >= 0.6 is 24.0 Å². The Morgan fingerprint density at radius 3 is 2.96 bits per heavy atom. The largest absolute Gasteiger partial charge is 0.467 e. The Kier molecular flexibility index (Phi) is 9.57. The van der Waals surface area contributed by atoms with Gasteiger partial charge in [-0.2, -0.15) is 0 Å². The number of likely N-dealkylation sites (N-methyl/N-ethyl adjacent to an activating group) is 1. The minimum absolute atomic E-state index is 0. The number of nitrogens with zero attached hydrogens (tertiary/aromatic N) is 2. The van der Waals surface area contributed by atoms with E-state index in [-0.39, 0.29) is 30.5 Å². The van der Waals surface area contributed by atoms with Crippen LogP contribution in [0.3, 0.4) is 0 Å². The van der Waals surface area contributed by atoms with Crippen LogP contribution in [0.5, 0.6) is 0 Å². The van der Waals surface area contributed by atoms with Crippen molar-refractivity contribution in [1.29, 1.82) is 0 Å². The molecule has 7 heteroatoms. The zero-order valence-electron chi connectivity index (χ0n) is 14.0. The molecule has 0 bridgehead atoms. The summed E-state index contributed by atoms with van der Waals surface area (Å²) in [4.78, 5) is 6.94. The second-order valence-corrected chi connectivity index (χ2v) is 5.56. The van der Waals surface area contributed by atoms with Gasteiger partial charge in [-0.1, -0.05) is 6.92 Å². The summed E-state index contributed by atoms with van der Waals surface area (Å²) in [5.74, 6) is 1.30. The smallest absolute Gasteiger partial charge is 0.191 e. The molecule has 1 aromatic rings. The standard InChI is InChI=1S/C16H28N4O2.HI/c1-3-17-16(18-11-13-7-5-9-20(13)4-2)19-12-14(21)15-8-6-10-22-15;/h6,8,10,13-14,21H,3-5,7,9,11-12H2,1-2H3,(H2,17,18,19);1H. The molecule has 23 heavy (non-hydrogen) atoms. The van der Waals surface area contributed by atoms with Gasteiger partial charge in [0.1, 0.15) is 11.9 Å². The van der Waals surface area contributed by atoms with Gasteiger partial charge < -0.3 is 20.2 Å². The van der Waals surface area contributed by atoms with Crippen molar-refractivity contribution in [3.63, 3.8) is 0 Å². The van der Waals surface area contributed by atoms with Crippen molar-refractivity contribution in [2.75, 3.05) is 32.7 Å². The molecule has 2 heterocycles. The maximum atomic E-state index is 10.0. The molecule has 1 aromatic heterocycles. The summed E-state index contributed by atoms with van der Waals surface area (Å²) in [6, 6.07) is 4.10. The molecule has 132 valence electrons. The maximum Gasteiger partial charge on any atom is 0.191 e. The van der Waals surface area contributed by atoms with Gasteiger partial charge in [0.2, 0.25) is 0 Å². The fourth-order valence-corrected chi connectivity index (χ4v) is 2.85. The first-order chi connectivity index (χ1) is 10.7. The van der Waals surface area contributed by atoms with E-state index in [0.29, 0.717) is 11.8 Å². The van der Waals surface area contributed by atoms with Gasteiger partial charge in [0.15, 0.2) is 5.96 Å². The minimum atomic E-state index is -0.705. The van der Waals surface area contributed by atoms with Crippen molar-refractivity contribution < 1.29 is 9.52 Å².